The minimum Gasteiger partial charge on any atom is -0.378 e. The molecule has 5 aromatic rings. The number of carbonyl (C=O) groups is 1. The highest BCUT2D eigenvalue weighted by atomic mass is 16.5. The van der Waals surface area contributed by atoms with Gasteiger partial charge < -0.3 is 14.6 Å². The maximum Gasteiger partial charge on any atom is 0.259 e. The molecule has 2 aromatic heterocycles. The van der Waals surface area contributed by atoms with E-state index in [0.717, 1.165) is 54.3 Å². The number of H-pyrrole nitrogens is 1. The van der Waals surface area contributed by atoms with Gasteiger partial charge in [-0.1, -0.05) is 42.5 Å². The van der Waals surface area contributed by atoms with Crippen molar-refractivity contribution in [1.29, 1.82) is 0 Å². The zero-order valence-corrected chi connectivity index (χ0v) is 20.3. The van der Waals surface area contributed by atoms with Crippen molar-refractivity contribution < 1.29 is 9.53 Å². The number of para-hydroxylation sites is 2. The van der Waals surface area contributed by atoms with Gasteiger partial charge in [-0.25, -0.2) is 4.98 Å². The smallest absolute Gasteiger partial charge is 0.259 e. The average Bonchev–Trinajstić information content (AvgIpc) is 3.41. The maximum absolute atomic E-state index is 14.2. The molecular formula is C30H27N5O2. The first kappa shape index (κ1) is 22.9. The third-order valence-corrected chi connectivity index (χ3v) is 6.69. The first-order valence-corrected chi connectivity index (χ1v) is 12.4. The number of fused-ring (bicyclic) bond motifs is 1. The van der Waals surface area contributed by atoms with Crippen molar-refractivity contribution in [2.75, 3.05) is 36.1 Å². The van der Waals surface area contributed by atoms with Crippen LogP contribution in [-0.4, -0.2) is 47.2 Å². The predicted molar refractivity (Wildman–Crippen MR) is 145 cm³/mol. The van der Waals surface area contributed by atoms with E-state index in [0.29, 0.717) is 11.4 Å². The van der Waals surface area contributed by atoms with Gasteiger partial charge in [0.2, 0.25) is 0 Å². The van der Waals surface area contributed by atoms with Crippen LogP contribution in [0, 0.1) is 0 Å². The van der Waals surface area contributed by atoms with Crippen molar-refractivity contribution in [2.24, 2.45) is 0 Å². The summed E-state index contributed by atoms with van der Waals surface area (Å²) < 4.78 is 5.51. The van der Waals surface area contributed by atoms with Crippen molar-refractivity contribution in [3.63, 3.8) is 0 Å². The molecule has 1 amide bonds. The van der Waals surface area contributed by atoms with E-state index in [-0.39, 0.29) is 5.91 Å². The van der Waals surface area contributed by atoms with Gasteiger partial charge in [0, 0.05) is 42.4 Å². The van der Waals surface area contributed by atoms with Gasteiger partial charge in [-0.2, -0.15) is 0 Å². The highest BCUT2D eigenvalue weighted by molar-refractivity contribution is 6.07. The van der Waals surface area contributed by atoms with Gasteiger partial charge in [0.1, 0.15) is 11.9 Å². The summed E-state index contributed by atoms with van der Waals surface area (Å²) in [6.45, 7) is 3.14. The quantitative estimate of drug-likeness (QED) is 0.354. The summed E-state index contributed by atoms with van der Waals surface area (Å²) in [5, 5.41) is 0. The number of aromatic amines is 1. The Morgan fingerprint density at radius 1 is 0.865 bits per heavy atom. The van der Waals surface area contributed by atoms with Crippen LogP contribution in [0.25, 0.3) is 11.0 Å². The molecule has 1 aliphatic heterocycles. The molecule has 0 spiro atoms. The van der Waals surface area contributed by atoms with Gasteiger partial charge in [0.05, 0.1) is 24.2 Å². The second-order valence-electron chi connectivity index (χ2n) is 8.98. The highest BCUT2D eigenvalue weighted by Gasteiger charge is 2.31. The fraction of sp³-hybridized carbons (Fsp3) is 0.167. The van der Waals surface area contributed by atoms with Crippen LogP contribution in [0.1, 0.15) is 27.8 Å². The second kappa shape index (κ2) is 10.2. The topological polar surface area (TPSA) is 74.3 Å². The largest absolute Gasteiger partial charge is 0.378 e. The van der Waals surface area contributed by atoms with E-state index in [1.165, 1.54) is 0 Å². The Balaban J connectivity index is 1.49. The monoisotopic (exact) mass is 489 g/mol. The van der Waals surface area contributed by atoms with E-state index in [4.69, 9.17) is 9.72 Å². The predicted octanol–water partition coefficient (Wildman–Crippen LogP) is 5.23. The molecule has 1 aliphatic rings. The molecule has 0 aliphatic carbocycles. The van der Waals surface area contributed by atoms with Crippen LogP contribution in [0.15, 0.2) is 103 Å². The fourth-order valence-corrected chi connectivity index (χ4v) is 4.83. The molecule has 1 unspecified atom stereocenters. The molecule has 0 radical (unpaired) electrons. The van der Waals surface area contributed by atoms with Crippen LogP contribution < -0.4 is 9.80 Å². The second-order valence-corrected chi connectivity index (χ2v) is 8.98. The van der Waals surface area contributed by atoms with Crippen molar-refractivity contribution in [1.82, 2.24) is 15.0 Å². The number of rotatable bonds is 6. The molecule has 3 aromatic carbocycles. The molecule has 6 rings (SSSR count). The molecule has 1 N–H and O–H groups in total. The minimum absolute atomic E-state index is 0.129. The Labute approximate surface area is 215 Å². The van der Waals surface area contributed by atoms with Crippen LogP contribution in [0.2, 0.25) is 0 Å². The molecule has 37 heavy (non-hydrogen) atoms. The van der Waals surface area contributed by atoms with E-state index in [9.17, 15) is 4.79 Å². The Hall–Kier alpha value is -4.49. The number of imidazole rings is 1. The number of aromatic nitrogens is 3. The lowest BCUT2D eigenvalue weighted by molar-refractivity contribution is 0.0979. The van der Waals surface area contributed by atoms with Gasteiger partial charge in [-0.05, 0) is 54.1 Å². The highest BCUT2D eigenvalue weighted by Crippen LogP contribution is 2.35. The summed E-state index contributed by atoms with van der Waals surface area (Å²) in [5.41, 5.74) is 5.21. The van der Waals surface area contributed by atoms with Crippen LogP contribution in [0.4, 0.5) is 11.4 Å². The number of nitrogens with zero attached hydrogens (tertiary/aromatic N) is 4. The first-order valence-electron chi connectivity index (χ1n) is 12.4. The van der Waals surface area contributed by atoms with Gasteiger partial charge in [-0.15, -0.1) is 0 Å². The van der Waals surface area contributed by atoms with E-state index < -0.39 is 6.04 Å². The number of hydrogen-bond acceptors (Lipinski definition) is 5. The molecular weight excluding hydrogens is 462 g/mol. The third kappa shape index (κ3) is 4.69. The number of pyridine rings is 1. The van der Waals surface area contributed by atoms with Crippen LogP contribution >= 0.6 is 0 Å². The van der Waals surface area contributed by atoms with Gasteiger partial charge >= 0.3 is 0 Å². The molecule has 1 fully saturated rings. The normalized spacial score (nSPS) is 14.4. The fourth-order valence-electron chi connectivity index (χ4n) is 4.83. The maximum atomic E-state index is 14.2. The molecule has 7 heteroatoms. The summed E-state index contributed by atoms with van der Waals surface area (Å²) in [7, 11) is 0. The summed E-state index contributed by atoms with van der Waals surface area (Å²) in [4.78, 5) is 30.8. The molecule has 1 saturated heterocycles. The summed E-state index contributed by atoms with van der Waals surface area (Å²) >= 11 is 0. The number of nitrogens with one attached hydrogen (secondary N) is 1. The lowest BCUT2D eigenvalue weighted by Crippen LogP contribution is -2.37. The average molecular weight is 490 g/mol. The zero-order valence-electron chi connectivity index (χ0n) is 20.3. The Morgan fingerprint density at radius 2 is 1.57 bits per heavy atom. The number of morpholine rings is 1. The number of hydrogen-bond donors (Lipinski definition) is 1. The molecule has 7 nitrogen and oxygen atoms in total. The van der Waals surface area contributed by atoms with E-state index in [1.54, 1.807) is 24.5 Å². The number of amides is 1. The molecule has 1 atom stereocenters. The lowest BCUT2D eigenvalue weighted by atomic mass is 10.0. The van der Waals surface area contributed by atoms with Crippen LogP contribution in [0.3, 0.4) is 0 Å². The first-order chi connectivity index (χ1) is 18.3. The Morgan fingerprint density at radius 3 is 2.30 bits per heavy atom. The Kier molecular flexibility index (Phi) is 6.35. The van der Waals surface area contributed by atoms with Crippen LogP contribution in [-0.2, 0) is 4.74 Å². The summed E-state index contributed by atoms with van der Waals surface area (Å²) in [6.07, 6.45) is 3.29. The lowest BCUT2D eigenvalue weighted by Gasteiger charge is -2.32. The van der Waals surface area contributed by atoms with Gasteiger partial charge in [0.25, 0.3) is 5.91 Å². The van der Waals surface area contributed by atoms with Crippen molar-refractivity contribution >= 4 is 28.3 Å². The Bertz CT molecular complexity index is 1450. The van der Waals surface area contributed by atoms with E-state index >= 15 is 0 Å². The number of anilines is 2. The SMILES string of the molecule is O=C(c1ccncc1)N(c1ccc(N2CCOCC2)cc1)C(c1ccccc1)c1nc2ccccc2[nH]1. The molecule has 3 heterocycles. The molecule has 0 bridgehead atoms. The molecule has 184 valence electrons. The molecule has 0 saturated carbocycles. The third-order valence-electron chi connectivity index (χ3n) is 6.69. The number of benzene rings is 3. The minimum atomic E-state index is -0.469. The van der Waals surface area contributed by atoms with Crippen molar-refractivity contribution in [2.45, 2.75) is 6.04 Å². The van der Waals surface area contributed by atoms with Crippen molar-refractivity contribution in [3.8, 4) is 0 Å². The van der Waals surface area contributed by atoms with E-state index in [1.807, 2.05) is 71.6 Å². The standard InChI is InChI=1S/C30H27N5O2/c36-30(23-14-16-31-17-15-23)35(25-12-10-24(11-13-25)34-18-20-37-21-19-34)28(22-6-2-1-3-7-22)29-32-26-8-4-5-9-27(26)33-29/h1-17,28H,18-21H2,(H,32,33). The van der Waals surface area contributed by atoms with E-state index in [2.05, 4.69) is 27.0 Å². The summed E-state index contributed by atoms with van der Waals surface area (Å²) in [5.74, 6) is 0.572. The number of ether oxygens (including phenoxy) is 1. The zero-order chi connectivity index (χ0) is 25.0. The van der Waals surface area contributed by atoms with Gasteiger partial charge in [0.15, 0.2) is 0 Å². The summed E-state index contributed by atoms with van der Waals surface area (Å²) in [6, 6.07) is 29.2. The van der Waals surface area contributed by atoms with Crippen molar-refractivity contribution in [3.05, 3.63) is 120 Å². The van der Waals surface area contributed by atoms with Gasteiger partial charge in [-0.3, -0.25) is 14.7 Å². The number of carbonyl (C=O) groups excluding carboxylic acids is 1. The van der Waals surface area contributed by atoms with Crippen LogP contribution in [0.5, 0.6) is 0 Å².